The Hall–Kier alpha value is -4.02. The summed E-state index contributed by atoms with van der Waals surface area (Å²) in [6.45, 7) is 2.01. The lowest BCUT2D eigenvalue weighted by molar-refractivity contribution is -0.124. The molecule has 2 N–H and O–H groups in total. The van der Waals surface area contributed by atoms with Gasteiger partial charge in [0.2, 0.25) is 11.8 Å². The normalized spacial score (nSPS) is 11.9. The number of rotatable bonds is 9. The standard InChI is InChI=1S/C28H26N4O4S2/c1-16-4-6-17(7-5-16)12-18(26(34)32-28-30-22-15-20(36-3)9-11-24(22)38-28)13-25(33)31-27-29-21-14-19(35-2)8-10-23(21)37-27/h4-11,14-15,18H,12-13H2,1-3H3,(H,29,31,33)(H,30,32,34). The molecule has 10 heteroatoms. The molecular weight excluding hydrogens is 520 g/mol. The molecule has 2 heterocycles. The Morgan fingerprint density at radius 1 is 0.816 bits per heavy atom. The first-order valence-corrected chi connectivity index (χ1v) is 13.6. The summed E-state index contributed by atoms with van der Waals surface area (Å²) in [5.74, 6) is 0.249. The number of aromatic nitrogens is 2. The summed E-state index contributed by atoms with van der Waals surface area (Å²) >= 11 is 2.76. The molecule has 2 aromatic heterocycles. The van der Waals surface area contributed by atoms with Crippen LogP contribution in [0.2, 0.25) is 0 Å². The molecule has 0 aliphatic rings. The lowest BCUT2D eigenvalue weighted by Gasteiger charge is -2.16. The molecule has 5 aromatic rings. The van der Waals surface area contributed by atoms with Crippen LogP contribution in [0.3, 0.4) is 0 Å². The van der Waals surface area contributed by atoms with E-state index in [-0.39, 0.29) is 18.2 Å². The first-order chi connectivity index (χ1) is 18.4. The van der Waals surface area contributed by atoms with Crippen molar-refractivity contribution in [1.82, 2.24) is 9.97 Å². The van der Waals surface area contributed by atoms with E-state index in [0.717, 1.165) is 31.6 Å². The van der Waals surface area contributed by atoms with Crippen molar-refractivity contribution in [3.05, 3.63) is 71.8 Å². The highest BCUT2D eigenvalue weighted by atomic mass is 32.1. The average molecular weight is 547 g/mol. The number of thiazole rings is 2. The summed E-state index contributed by atoms with van der Waals surface area (Å²) in [4.78, 5) is 35.5. The Bertz CT molecular complexity index is 1610. The van der Waals surface area contributed by atoms with E-state index in [1.54, 1.807) is 14.2 Å². The first kappa shape index (κ1) is 25.6. The van der Waals surface area contributed by atoms with E-state index in [1.165, 1.54) is 22.7 Å². The number of nitrogens with zero attached hydrogens (tertiary/aromatic N) is 2. The van der Waals surface area contributed by atoms with Gasteiger partial charge < -0.3 is 20.1 Å². The smallest absolute Gasteiger partial charge is 0.230 e. The van der Waals surface area contributed by atoms with Gasteiger partial charge in [0.25, 0.3) is 0 Å². The van der Waals surface area contributed by atoms with Crippen molar-refractivity contribution in [2.45, 2.75) is 19.8 Å². The van der Waals surface area contributed by atoms with Crippen molar-refractivity contribution in [3.63, 3.8) is 0 Å². The Labute approximate surface area is 227 Å². The number of aryl methyl sites for hydroxylation is 1. The molecule has 0 spiro atoms. The van der Waals surface area contributed by atoms with Gasteiger partial charge >= 0.3 is 0 Å². The zero-order valence-electron chi connectivity index (χ0n) is 21.1. The number of hydrogen-bond acceptors (Lipinski definition) is 8. The number of amides is 2. The van der Waals surface area contributed by atoms with E-state index in [9.17, 15) is 9.59 Å². The minimum Gasteiger partial charge on any atom is -0.497 e. The van der Waals surface area contributed by atoms with Gasteiger partial charge in [-0.05, 0) is 43.2 Å². The molecule has 0 aliphatic carbocycles. The molecule has 1 unspecified atom stereocenters. The predicted molar refractivity (Wildman–Crippen MR) is 153 cm³/mol. The third-order valence-electron chi connectivity index (χ3n) is 6.07. The number of carbonyl (C=O) groups excluding carboxylic acids is 2. The van der Waals surface area contributed by atoms with E-state index in [2.05, 4.69) is 20.6 Å². The van der Waals surface area contributed by atoms with Gasteiger partial charge in [0.05, 0.1) is 40.6 Å². The number of ether oxygens (including phenoxy) is 2. The van der Waals surface area contributed by atoms with Crippen LogP contribution in [0.25, 0.3) is 20.4 Å². The van der Waals surface area contributed by atoms with Gasteiger partial charge in [-0.15, -0.1) is 0 Å². The van der Waals surface area contributed by atoms with Crippen molar-refractivity contribution < 1.29 is 19.1 Å². The van der Waals surface area contributed by atoms with Gasteiger partial charge in [-0.2, -0.15) is 0 Å². The molecule has 194 valence electrons. The summed E-state index contributed by atoms with van der Waals surface area (Å²) in [5.41, 5.74) is 3.59. The van der Waals surface area contributed by atoms with Crippen LogP contribution in [-0.2, 0) is 16.0 Å². The SMILES string of the molecule is COc1ccc2sc(NC(=O)CC(Cc3ccc(C)cc3)C(=O)Nc3nc4cc(OC)ccc4s3)nc2c1. The summed E-state index contributed by atoms with van der Waals surface area (Å²) in [6, 6.07) is 19.1. The maximum absolute atomic E-state index is 13.4. The maximum atomic E-state index is 13.4. The van der Waals surface area contributed by atoms with Crippen LogP contribution in [0.5, 0.6) is 11.5 Å². The van der Waals surface area contributed by atoms with E-state index in [4.69, 9.17) is 9.47 Å². The number of fused-ring (bicyclic) bond motifs is 2. The second kappa shape index (κ2) is 11.2. The Morgan fingerprint density at radius 2 is 1.37 bits per heavy atom. The van der Waals surface area contributed by atoms with Gasteiger partial charge in [-0.1, -0.05) is 52.5 Å². The van der Waals surface area contributed by atoms with Crippen molar-refractivity contribution in [3.8, 4) is 11.5 Å². The highest BCUT2D eigenvalue weighted by Gasteiger charge is 2.24. The van der Waals surface area contributed by atoms with Crippen molar-refractivity contribution in [2.24, 2.45) is 5.92 Å². The number of carbonyl (C=O) groups is 2. The molecule has 3 aromatic carbocycles. The third kappa shape index (κ3) is 5.92. The van der Waals surface area contributed by atoms with Crippen LogP contribution in [0.15, 0.2) is 60.7 Å². The molecule has 0 radical (unpaired) electrons. The van der Waals surface area contributed by atoms with Crippen LogP contribution < -0.4 is 20.1 Å². The summed E-state index contributed by atoms with van der Waals surface area (Å²) in [5, 5.41) is 6.75. The Kier molecular flexibility index (Phi) is 7.52. The zero-order valence-corrected chi connectivity index (χ0v) is 22.7. The average Bonchev–Trinajstić information content (AvgIpc) is 3.50. The van der Waals surface area contributed by atoms with E-state index in [1.807, 2.05) is 67.6 Å². The Morgan fingerprint density at radius 3 is 1.92 bits per heavy atom. The van der Waals surface area contributed by atoms with Crippen molar-refractivity contribution >= 4 is 65.2 Å². The van der Waals surface area contributed by atoms with E-state index < -0.39 is 5.92 Å². The van der Waals surface area contributed by atoms with Crippen LogP contribution >= 0.6 is 22.7 Å². The topological polar surface area (TPSA) is 102 Å². The second-order valence-corrected chi connectivity index (χ2v) is 10.9. The molecule has 5 rings (SSSR count). The maximum Gasteiger partial charge on any atom is 0.230 e. The van der Waals surface area contributed by atoms with E-state index in [0.29, 0.717) is 28.2 Å². The predicted octanol–water partition coefficient (Wildman–Crippen LogP) is 6.06. The minimum absolute atomic E-state index is 0.00231. The van der Waals surface area contributed by atoms with Crippen LogP contribution in [0.4, 0.5) is 10.3 Å². The van der Waals surface area contributed by atoms with Crippen LogP contribution in [0.1, 0.15) is 17.5 Å². The van der Waals surface area contributed by atoms with Gasteiger partial charge in [0, 0.05) is 18.6 Å². The number of nitrogens with one attached hydrogen (secondary N) is 2. The Balaban J connectivity index is 1.33. The van der Waals surface area contributed by atoms with Gasteiger partial charge in [0.15, 0.2) is 10.3 Å². The number of benzene rings is 3. The molecule has 0 aliphatic heterocycles. The molecule has 0 saturated heterocycles. The summed E-state index contributed by atoms with van der Waals surface area (Å²) in [6.07, 6.45) is 0.410. The highest BCUT2D eigenvalue weighted by Crippen LogP contribution is 2.31. The van der Waals surface area contributed by atoms with Gasteiger partial charge in [0.1, 0.15) is 11.5 Å². The molecular formula is C28H26N4O4S2. The second-order valence-electron chi connectivity index (χ2n) is 8.83. The number of anilines is 2. The molecule has 8 nitrogen and oxygen atoms in total. The molecule has 0 fully saturated rings. The van der Waals surface area contributed by atoms with E-state index >= 15 is 0 Å². The quantitative estimate of drug-likeness (QED) is 0.233. The first-order valence-electron chi connectivity index (χ1n) is 12.0. The number of methoxy groups -OCH3 is 2. The lowest BCUT2D eigenvalue weighted by atomic mass is 9.94. The molecule has 38 heavy (non-hydrogen) atoms. The fourth-order valence-electron chi connectivity index (χ4n) is 4.04. The fourth-order valence-corrected chi connectivity index (χ4v) is 5.75. The molecule has 2 amide bonds. The summed E-state index contributed by atoms with van der Waals surface area (Å²) < 4.78 is 12.4. The highest BCUT2D eigenvalue weighted by molar-refractivity contribution is 7.22. The minimum atomic E-state index is -0.603. The van der Waals surface area contributed by atoms with Gasteiger partial charge in [-0.25, -0.2) is 9.97 Å². The molecule has 1 atom stereocenters. The molecule has 0 bridgehead atoms. The largest absolute Gasteiger partial charge is 0.497 e. The van der Waals surface area contributed by atoms with Gasteiger partial charge in [-0.3, -0.25) is 9.59 Å². The third-order valence-corrected chi connectivity index (χ3v) is 7.97. The van der Waals surface area contributed by atoms with Crippen LogP contribution in [-0.4, -0.2) is 36.0 Å². The monoisotopic (exact) mass is 546 g/mol. The number of hydrogen-bond donors (Lipinski definition) is 2. The summed E-state index contributed by atoms with van der Waals surface area (Å²) in [7, 11) is 3.20. The van der Waals surface area contributed by atoms with Crippen molar-refractivity contribution in [2.75, 3.05) is 24.9 Å². The fraction of sp³-hybridized carbons (Fsp3) is 0.214. The van der Waals surface area contributed by atoms with Crippen molar-refractivity contribution in [1.29, 1.82) is 0 Å². The lowest BCUT2D eigenvalue weighted by Crippen LogP contribution is -2.29. The zero-order chi connectivity index (χ0) is 26.6. The molecule has 0 saturated carbocycles. The van der Waals surface area contributed by atoms with Crippen LogP contribution in [0, 0.1) is 12.8 Å².